The summed E-state index contributed by atoms with van der Waals surface area (Å²) < 4.78 is 53.5. The molecule has 0 amide bonds. The van der Waals surface area contributed by atoms with Gasteiger partial charge in [0.25, 0.3) is 0 Å². The van der Waals surface area contributed by atoms with Crippen molar-refractivity contribution in [2.75, 3.05) is 26.2 Å². The quantitative estimate of drug-likeness (QED) is 0.813. The highest BCUT2D eigenvalue weighted by Gasteiger charge is 2.23. The molecule has 0 spiro atoms. The van der Waals surface area contributed by atoms with Crippen LogP contribution in [0, 0.1) is 11.6 Å². The second kappa shape index (κ2) is 6.78. The second-order valence-electron chi connectivity index (χ2n) is 5.04. The molecule has 0 atom stereocenters. The van der Waals surface area contributed by atoms with E-state index in [1.165, 1.54) is 0 Å². The molecule has 2 rings (SSSR count). The van der Waals surface area contributed by atoms with Gasteiger partial charge in [0.1, 0.15) is 4.90 Å². The van der Waals surface area contributed by atoms with Crippen molar-refractivity contribution in [1.82, 2.24) is 9.62 Å². The van der Waals surface area contributed by atoms with Gasteiger partial charge in [-0.2, -0.15) is 0 Å². The highest BCUT2D eigenvalue weighted by molar-refractivity contribution is 7.89. The lowest BCUT2D eigenvalue weighted by molar-refractivity contribution is 0.344. The standard InChI is InChI=1S/C13H19F2N3O2S/c14-11-7-10(9-16)8-12(13(11)15)21(19,20)17-3-6-18-4-1-2-5-18/h7-8,17H,1-6,9,16H2. The summed E-state index contributed by atoms with van der Waals surface area (Å²) in [6, 6.07) is 1.97. The van der Waals surface area contributed by atoms with Crippen LogP contribution >= 0.6 is 0 Å². The smallest absolute Gasteiger partial charge is 0.243 e. The molecule has 1 saturated heterocycles. The van der Waals surface area contributed by atoms with Crippen LogP contribution in [0.25, 0.3) is 0 Å². The third-order valence-electron chi connectivity index (χ3n) is 3.50. The summed E-state index contributed by atoms with van der Waals surface area (Å²) in [6.07, 6.45) is 2.20. The minimum Gasteiger partial charge on any atom is -0.326 e. The van der Waals surface area contributed by atoms with Crippen LogP contribution in [0.5, 0.6) is 0 Å². The van der Waals surface area contributed by atoms with E-state index < -0.39 is 26.6 Å². The van der Waals surface area contributed by atoms with Crippen molar-refractivity contribution in [2.45, 2.75) is 24.3 Å². The predicted octanol–water partition coefficient (Wildman–Crippen LogP) is 0.798. The average molecular weight is 319 g/mol. The van der Waals surface area contributed by atoms with Gasteiger partial charge in [-0.25, -0.2) is 21.9 Å². The maximum absolute atomic E-state index is 13.7. The Hall–Kier alpha value is -1.09. The Balaban J connectivity index is 2.09. The number of halogens is 2. The van der Waals surface area contributed by atoms with Crippen molar-refractivity contribution in [3.05, 3.63) is 29.3 Å². The molecule has 0 aromatic heterocycles. The van der Waals surface area contributed by atoms with Crippen molar-refractivity contribution in [1.29, 1.82) is 0 Å². The third-order valence-corrected chi connectivity index (χ3v) is 4.96. The first-order chi connectivity index (χ1) is 9.94. The van der Waals surface area contributed by atoms with E-state index in [0.717, 1.165) is 38.1 Å². The maximum Gasteiger partial charge on any atom is 0.243 e. The molecule has 0 unspecified atom stereocenters. The van der Waals surface area contributed by atoms with E-state index in [-0.39, 0.29) is 18.7 Å². The number of sulfonamides is 1. The van der Waals surface area contributed by atoms with Gasteiger partial charge >= 0.3 is 0 Å². The van der Waals surface area contributed by atoms with E-state index in [9.17, 15) is 17.2 Å². The van der Waals surface area contributed by atoms with Gasteiger partial charge in [0.15, 0.2) is 11.6 Å². The monoisotopic (exact) mass is 319 g/mol. The van der Waals surface area contributed by atoms with Crippen LogP contribution in [0.15, 0.2) is 17.0 Å². The van der Waals surface area contributed by atoms with Crippen LogP contribution in [-0.2, 0) is 16.6 Å². The predicted molar refractivity (Wildman–Crippen MR) is 75.1 cm³/mol. The number of hydrogen-bond donors (Lipinski definition) is 2. The fourth-order valence-electron chi connectivity index (χ4n) is 2.35. The molecule has 1 fully saturated rings. The van der Waals surface area contributed by atoms with Gasteiger partial charge in [-0.1, -0.05) is 0 Å². The topological polar surface area (TPSA) is 75.4 Å². The molecule has 0 radical (unpaired) electrons. The Morgan fingerprint density at radius 1 is 1.24 bits per heavy atom. The lowest BCUT2D eigenvalue weighted by Gasteiger charge is -2.15. The summed E-state index contributed by atoms with van der Waals surface area (Å²) in [5, 5.41) is 0. The number of likely N-dealkylation sites (tertiary alicyclic amines) is 1. The fraction of sp³-hybridized carbons (Fsp3) is 0.538. The number of hydrogen-bond acceptors (Lipinski definition) is 4. The second-order valence-corrected chi connectivity index (χ2v) is 6.78. The van der Waals surface area contributed by atoms with Crippen molar-refractivity contribution >= 4 is 10.0 Å². The van der Waals surface area contributed by atoms with Crippen LogP contribution in [-0.4, -0.2) is 39.5 Å². The molecule has 21 heavy (non-hydrogen) atoms. The van der Waals surface area contributed by atoms with Crippen molar-refractivity contribution in [2.24, 2.45) is 5.73 Å². The number of benzene rings is 1. The molecule has 1 aromatic carbocycles. The first kappa shape index (κ1) is 16.3. The number of nitrogens with one attached hydrogen (secondary N) is 1. The van der Waals surface area contributed by atoms with Crippen molar-refractivity contribution < 1.29 is 17.2 Å². The Labute approximate surface area is 123 Å². The summed E-state index contributed by atoms with van der Waals surface area (Å²) in [6.45, 7) is 2.53. The van der Waals surface area contributed by atoms with E-state index in [0.29, 0.717) is 6.54 Å². The van der Waals surface area contributed by atoms with Crippen LogP contribution < -0.4 is 10.5 Å². The van der Waals surface area contributed by atoms with E-state index in [2.05, 4.69) is 9.62 Å². The molecule has 118 valence electrons. The van der Waals surface area contributed by atoms with Gasteiger partial charge in [-0.15, -0.1) is 0 Å². The lowest BCUT2D eigenvalue weighted by atomic mass is 10.2. The van der Waals surface area contributed by atoms with Crippen LogP contribution in [0.3, 0.4) is 0 Å². The number of rotatable bonds is 6. The first-order valence-corrected chi connectivity index (χ1v) is 8.32. The van der Waals surface area contributed by atoms with E-state index in [4.69, 9.17) is 5.73 Å². The molecule has 1 heterocycles. The summed E-state index contributed by atoms with van der Waals surface area (Å²) in [5.41, 5.74) is 5.58. The Bertz CT molecular complexity index is 602. The molecular weight excluding hydrogens is 300 g/mol. The summed E-state index contributed by atoms with van der Waals surface area (Å²) in [4.78, 5) is 1.43. The van der Waals surface area contributed by atoms with Crippen LogP contribution in [0.4, 0.5) is 8.78 Å². The molecule has 8 heteroatoms. The molecule has 5 nitrogen and oxygen atoms in total. The van der Waals surface area contributed by atoms with E-state index in [1.807, 2.05) is 0 Å². The largest absolute Gasteiger partial charge is 0.326 e. The summed E-state index contributed by atoms with van der Waals surface area (Å²) in [5.74, 6) is -2.58. The van der Waals surface area contributed by atoms with Crippen LogP contribution in [0.1, 0.15) is 18.4 Å². The first-order valence-electron chi connectivity index (χ1n) is 6.84. The van der Waals surface area contributed by atoms with Gasteiger partial charge in [0.2, 0.25) is 10.0 Å². The fourth-order valence-corrected chi connectivity index (χ4v) is 3.51. The normalized spacial score (nSPS) is 16.5. The molecule has 0 saturated carbocycles. The molecule has 0 bridgehead atoms. The molecule has 1 aromatic rings. The summed E-state index contributed by atoms with van der Waals surface area (Å²) in [7, 11) is -4.08. The van der Waals surface area contributed by atoms with E-state index >= 15 is 0 Å². The Morgan fingerprint density at radius 2 is 1.90 bits per heavy atom. The van der Waals surface area contributed by atoms with Crippen molar-refractivity contribution in [3.8, 4) is 0 Å². The summed E-state index contributed by atoms with van der Waals surface area (Å²) >= 11 is 0. The highest BCUT2D eigenvalue weighted by Crippen LogP contribution is 2.19. The minimum absolute atomic E-state index is 0.0620. The number of nitrogens with two attached hydrogens (primary N) is 1. The van der Waals surface area contributed by atoms with Gasteiger partial charge in [0.05, 0.1) is 0 Å². The molecule has 1 aliphatic heterocycles. The highest BCUT2D eigenvalue weighted by atomic mass is 32.2. The number of nitrogens with zero attached hydrogens (tertiary/aromatic N) is 1. The zero-order valence-corrected chi connectivity index (χ0v) is 12.4. The van der Waals surface area contributed by atoms with Crippen molar-refractivity contribution in [3.63, 3.8) is 0 Å². The average Bonchev–Trinajstić information content (AvgIpc) is 2.94. The van der Waals surface area contributed by atoms with Gasteiger partial charge in [0, 0.05) is 19.6 Å². The van der Waals surface area contributed by atoms with Gasteiger partial charge in [-0.3, -0.25) is 0 Å². The maximum atomic E-state index is 13.7. The minimum atomic E-state index is -4.08. The molecule has 0 aliphatic carbocycles. The zero-order valence-electron chi connectivity index (χ0n) is 11.6. The molecule has 1 aliphatic rings. The molecule has 3 N–H and O–H groups in total. The van der Waals surface area contributed by atoms with Crippen LogP contribution in [0.2, 0.25) is 0 Å². The molecular formula is C13H19F2N3O2S. The zero-order chi connectivity index (χ0) is 15.5. The Morgan fingerprint density at radius 3 is 2.52 bits per heavy atom. The SMILES string of the molecule is NCc1cc(F)c(F)c(S(=O)(=O)NCCN2CCCC2)c1. The van der Waals surface area contributed by atoms with E-state index in [1.54, 1.807) is 0 Å². The van der Waals surface area contributed by atoms with Gasteiger partial charge < -0.3 is 10.6 Å². The lowest BCUT2D eigenvalue weighted by Crippen LogP contribution is -2.34. The van der Waals surface area contributed by atoms with Gasteiger partial charge in [-0.05, 0) is 43.6 Å². The third kappa shape index (κ3) is 3.97. The Kier molecular flexibility index (Phi) is 5.26.